The molecule has 7 heteroatoms. The molecule has 2 aromatic carbocycles. The van der Waals surface area contributed by atoms with E-state index in [1.165, 1.54) is 21.7 Å². The topological polar surface area (TPSA) is 66.5 Å². The fraction of sp³-hybridized carbons (Fsp3) is 0.409. The number of hydrogen-bond donors (Lipinski definition) is 1. The van der Waals surface area contributed by atoms with E-state index >= 15 is 0 Å². The Morgan fingerprint density at radius 2 is 1.79 bits per heavy atom. The highest BCUT2D eigenvalue weighted by molar-refractivity contribution is 7.98. The molecule has 1 amide bonds. The van der Waals surface area contributed by atoms with Crippen LogP contribution in [-0.2, 0) is 20.6 Å². The van der Waals surface area contributed by atoms with Crippen molar-refractivity contribution in [1.29, 1.82) is 0 Å². The third kappa shape index (κ3) is 8.50. The van der Waals surface area contributed by atoms with Crippen molar-refractivity contribution in [3.63, 3.8) is 0 Å². The summed E-state index contributed by atoms with van der Waals surface area (Å²) in [6.45, 7) is 4.94. The monoisotopic (exact) mass is 434 g/mol. The molecule has 5 nitrogen and oxygen atoms in total. The lowest BCUT2D eigenvalue weighted by molar-refractivity contribution is -0.121. The van der Waals surface area contributed by atoms with E-state index in [4.69, 9.17) is 0 Å². The molecular weight excluding hydrogens is 404 g/mol. The first kappa shape index (κ1) is 23.3. The lowest BCUT2D eigenvalue weighted by Gasteiger charge is -2.22. The molecule has 0 fully saturated rings. The van der Waals surface area contributed by atoms with Crippen LogP contribution in [0, 0.1) is 13.8 Å². The molecule has 2 rings (SSSR count). The van der Waals surface area contributed by atoms with Gasteiger partial charge in [0.05, 0.1) is 11.9 Å². The SMILES string of the molecule is Cc1ccc(N(CCCC(=O)NCCSCc2cccc(C)c2)S(C)(=O)=O)cc1. The number of carbonyl (C=O) groups excluding carboxylic acids is 1. The zero-order valence-electron chi connectivity index (χ0n) is 17.3. The van der Waals surface area contributed by atoms with Crippen molar-refractivity contribution in [3.05, 3.63) is 65.2 Å². The van der Waals surface area contributed by atoms with Crippen molar-refractivity contribution in [1.82, 2.24) is 5.32 Å². The molecule has 0 saturated carbocycles. The molecule has 0 spiro atoms. The van der Waals surface area contributed by atoms with Gasteiger partial charge < -0.3 is 5.32 Å². The Bertz CT molecular complexity index is 897. The zero-order valence-corrected chi connectivity index (χ0v) is 19.0. The summed E-state index contributed by atoms with van der Waals surface area (Å²) in [5, 5.41) is 2.91. The van der Waals surface area contributed by atoms with Gasteiger partial charge in [0, 0.05) is 31.0 Å². The summed E-state index contributed by atoms with van der Waals surface area (Å²) in [7, 11) is -3.38. The fourth-order valence-corrected chi connectivity index (χ4v) is 4.70. The van der Waals surface area contributed by atoms with E-state index in [-0.39, 0.29) is 12.5 Å². The molecule has 0 aromatic heterocycles. The van der Waals surface area contributed by atoms with E-state index in [1.807, 2.05) is 19.1 Å². The van der Waals surface area contributed by atoms with Gasteiger partial charge in [-0.2, -0.15) is 11.8 Å². The first-order valence-corrected chi connectivity index (χ1v) is 12.7. The molecule has 0 unspecified atom stereocenters. The molecule has 1 N–H and O–H groups in total. The normalized spacial score (nSPS) is 11.3. The Labute approximate surface area is 178 Å². The van der Waals surface area contributed by atoms with Crippen LogP contribution in [0.25, 0.3) is 0 Å². The maximum atomic E-state index is 12.1. The molecule has 158 valence electrons. The number of aryl methyl sites for hydroxylation is 2. The summed E-state index contributed by atoms with van der Waals surface area (Å²) in [6.07, 6.45) is 1.97. The van der Waals surface area contributed by atoms with Gasteiger partial charge in [0.15, 0.2) is 0 Å². The third-order valence-electron chi connectivity index (χ3n) is 4.41. The number of carbonyl (C=O) groups is 1. The molecule has 0 radical (unpaired) electrons. The quantitative estimate of drug-likeness (QED) is 0.545. The van der Waals surface area contributed by atoms with E-state index in [9.17, 15) is 13.2 Å². The van der Waals surface area contributed by atoms with Crippen LogP contribution in [0.5, 0.6) is 0 Å². The van der Waals surface area contributed by atoms with Gasteiger partial charge in [-0.1, -0.05) is 47.5 Å². The first-order chi connectivity index (χ1) is 13.8. The Balaban J connectivity index is 1.69. The van der Waals surface area contributed by atoms with Crippen molar-refractivity contribution in [2.45, 2.75) is 32.4 Å². The average Bonchev–Trinajstić information content (AvgIpc) is 2.65. The number of nitrogens with one attached hydrogen (secondary N) is 1. The van der Waals surface area contributed by atoms with Crippen molar-refractivity contribution in [2.75, 3.05) is 29.4 Å². The second kappa shape index (κ2) is 11.3. The molecule has 29 heavy (non-hydrogen) atoms. The number of sulfonamides is 1. The molecule has 0 heterocycles. The maximum absolute atomic E-state index is 12.1. The van der Waals surface area contributed by atoms with E-state index in [0.717, 1.165) is 17.1 Å². The number of anilines is 1. The molecule has 0 bridgehead atoms. The van der Waals surface area contributed by atoms with E-state index in [0.29, 0.717) is 25.1 Å². The fourth-order valence-electron chi connectivity index (χ4n) is 2.92. The van der Waals surface area contributed by atoms with Crippen molar-refractivity contribution >= 4 is 33.4 Å². The van der Waals surface area contributed by atoms with Crippen LogP contribution in [0.15, 0.2) is 48.5 Å². The van der Waals surface area contributed by atoms with Crippen LogP contribution in [0.1, 0.15) is 29.5 Å². The van der Waals surface area contributed by atoms with E-state index in [1.54, 1.807) is 23.9 Å². The number of benzene rings is 2. The summed E-state index contributed by atoms with van der Waals surface area (Å²) >= 11 is 1.79. The van der Waals surface area contributed by atoms with E-state index in [2.05, 4.69) is 36.5 Å². The first-order valence-electron chi connectivity index (χ1n) is 9.70. The van der Waals surface area contributed by atoms with Crippen LogP contribution in [0.2, 0.25) is 0 Å². The number of nitrogens with zero attached hydrogens (tertiary/aromatic N) is 1. The predicted octanol–water partition coefficient (Wildman–Crippen LogP) is 3.90. The molecular formula is C22H30N2O3S2. The second-order valence-corrected chi connectivity index (χ2v) is 10.2. The lowest BCUT2D eigenvalue weighted by atomic mass is 10.2. The van der Waals surface area contributed by atoms with E-state index < -0.39 is 10.0 Å². The van der Waals surface area contributed by atoms with Crippen molar-refractivity contribution < 1.29 is 13.2 Å². The highest BCUT2D eigenvalue weighted by Crippen LogP contribution is 2.19. The van der Waals surface area contributed by atoms with Crippen LogP contribution in [0.4, 0.5) is 5.69 Å². The molecule has 0 atom stereocenters. The molecule has 0 saturated heterocycles. The smallest absolute Gasteiger partial charge is 0.232 e. The number of hydrogen-bond acceptors (Lipinski definition) is 4. The number of amides is 1. The standard InChI is InChI=1S/C22H30N2O3S2/c1-18-9-11-21(12-10-18)24(29(3,26)27)14-5-8-22(25)23-13-15-28-17-20-7-4-6-19(2)16-20/h4,6-7,9-12,16H,5,8,13-15,17H2,1-3H3,(H,23,25). The summed E-state index contributed by atoms with van der Waals surface area (Å²) in [6, 6.07) is 15.8. The van der Waals surface area contributed by atoms with Gasteiger partial charge in [-0.15, -0.1) is 0 Å². The van der Waals surface area contributed by atoms with Gasteiger partial charge in [-0.3, -0.25) is 9.10 Å². The minimum Gasteiger partial charge on any atom is -0.355 e. The Hall–Kier alpha value is -1.99. The average molecular weight is 435 g/mol. The molecule has 0 aliphatic rings. The largest absolute Gasteiger partial charge is 0.355 e. The summed E-state index contributed by atoms with van der Waals surface area (Å²) < 4.78 is 25.6. The molecule has 0 aliphatic heterocycles. The predicted molar refractivity (Wildman–Crippen MR) is 123 cm³/mol. The second-order valence-electron chi connectivity index (χ2n) is 7.17. The third-order valence-corrected chi connectivity index (χ3v) is 6.63. The van der Waals surface area contributed by atoms with Gasteiger partial charge in [-0.05, 0) is 38.0 Å². The Kier molecular flexibility index (Phi) is 9.04. The zero-order chi connectivity index (χ0) is 21.3. The molecule has 0 aliphatic carbocycles. The summed E-state index contributed by atoms with van der Waals surface area (Å²) in [5.74, 6) is 1.73. The van der Waals surface area contributed by atoms with Gasteiger partial charge in [0.2, 0.25) is 15.9 Å². The Morgan fingerprint density at radius 3 is 2.45 bits per heavy atom. The minimum atomic E-state index is -3.38. The summed E-state index contributed by atoms with van der Waals surface area (Å²) in [5.41, 5.74) is 4.25. The van der Waals surface area contributed by atoms with Gasteiger partial charge >= 0.3 is 0 Å². The van der Waals surface area contributed by atoms with Crippen LogP contribution in [0.3, 0.4) is 0 Å². The van der Waals surface area contributed by atoms with Gasteiger partial charge in [0.1, 0.15) is 0 Å². The summed E-state index contributed by atoms with van der Waals surface area (Å²) in [4.78, 5) is 12.0. The van der Waals surface area contributed by atoms with Crippen LogP contribution < -0.4 is 9.62 Å². The highest BCUT2D eigenvalue weighted by Gasteiger charge is 2.17. The van der Waals surface area contributed by atoms with Gasteiger partial charge in [0.25, 0.3) is 0 Å². The molecule has 2 aromatic rings. The Morgan fingerprint density at radius 1 is 1.07 bits per heavy atom. The van der Waals surface area contributed by atoms with Crippen LogP contribution >= 0.6 is 11.8 Å². The lowest BCUT2D eigenvalue weighted by Crippen LogP contribution is -2.32. The van der Waals surface area contributed by atoms with Crippen molar-refractivity contribution in [2.24, 2.45) is 0 Å². The van der Waals surface area contributed by atoms with Crippen molar-refractivity contribution in [3.8, 4) is 0 Å². The van der Waals surface area contributed by atoms with Gasteiger partial charge in [-0.25, -0.2) is 8.42 Å². The number of rotatable bonds is 11. The highest BCUT2D eigenvalue weighted by atomic mass is 32.2. The van der Waals surface area contributed by atoms with Crippen LogP contribution in [-0.4, -0.2) is 39.4 Å². The maximum Gasteiger partial charge on any atom is 0.232 e. The number of thioether (sulfide) groups is 1. The minimum absolute atomic E-state index is 0.0430.